The minimum atomic E-state index is -4.81. The van der Waals surface area contributed by atoms with E-state index in [-0.39, 0.29) is 23.7 Å². The number of nitrogens with one attached hydrogen (secondary N) is 2. The van der Waals surface area contributed by atoms with Gasteiger partial charge in [0.25, 0.3) is 0 Å². The number of nitrogens with zero attached hydrogens (tertiary/aromatic N) is 1. The second-order valence-electron chi connectivity index (χ2n) is 8.88. The zero-order valence-corrected chi connectivity index (χ0v) is 20.5. The number of carbonyl (C=O) groups is 1. The fourth-order valence-electron chi connectivity index (χ4n) is 4.59. The van der Waals surface area contributed by atoms with Crippen molar-refractivity contribution in [3.8, 4) is 0 Å². The Hall–Kier alpha value is -2.84. The number of alkyl halides is 3. The monoisotopic (exact) mass is 539 g/mol. The van der Waals surface area contributed by atoms with Gasteiger partial charge in [-0.25, -0.2) is 9.18 Å². The fourth-order valence-corrected chi connectivity index (χ4v) is 4.91. The first-order chi connectivity index (χ1) is 17.0. The molecular weight excluding hydrogens is 517 g/mol. The van der Waals surface area contributed by atoms with Gasteiger partial charge < -0.3 is 10.6 Å². The molecule has 0 aliphatic heterocycles. The van der Waals surface area contributed by atoms with Crippen molar-refractivity contribution in [2.24, 2.45) is 0 Å². The lowest BCUT2D eigenvalue weighted by Crippen LogP contribution is -2.54. The standard InChI is InChI=1S/C26H23Cl2F4N3O/c27-19-5-3-4-16(10-19)14-25(23-9-8-20(28)15-33-23,35-24(36)34-22-6-1-2-7-22)17-11-18(26(30,31)32)13-21(29)12-17/h3-5,8-13,15,22H,1-2,6-7,14H2,(H2,34,35,36)/t25-/m0/s1. The Morgan fingerprint density at radius 2 is 1.69 bits per heavy atom. The summed E-state index contributed by atoms with van der Waals surface area (Å²) in [6.07, 6.45) is -0.00606. The van der Waals surface area contributed by atoms with Crippen LogP contribution in [0.15, 0.2) is 60.8 Å². The van der Waals surface area contributed by atoms with Crippen molar-refractivity contribution in [3.63, 3.8) is 0 Å². The molecule has 0 unspecified atom stereocenters. The second kappa shape index (κ2) is 10.6. The van der Waals surface area contributed by atoms with Gasteiger partial charge in [-0.15, -0.1) is 0 Å². The summed E-state index contributed by atoms with van der Waals surface area (Å²) in [5.41, 5.74) is -2.20. The molecule has 4 rings (SSSR count). The number of hydrogen-bond acceptors (Lipinski definition) is 2. The zero-order chi connectivity index (χ0) is 25.9. The predicted octanol–water partition coefficient (Wildman–Crippen LogP) is 7.27. The third kappa shape index (κ3) is 6.10. The average molecular weight is 540 g/mol. The molecular formula is C26H23Cl2F4N3O. The Balaban J connectivity index is 1.90. The van der Waals surface area contributed by atoms with Crippen LogP contribution in [0.25, 0.3) is 0 Å². The predicted molar refractivity (Wildman–Crippen MR) is 131 cm³/mol. The highest BCUT2D eigenvalue weighted by atomic mass is 35.5. The zero-order valence-electron chi connectivity index (χ0n) is 19.0. The van der Waals surface area contributed by atoms with Crippen LogP contribution in [0.4, 0.5) is 22.4 Å². The number of amides is 2. The highest BCUT2D eigenvalue weighted by molar-refractivity contribution is 6.30. The Labute approximate surface area is 216 Å². The van der Waals surface area contributed by atoms with Gasteiger partial charge in [0.1, 0.15) is 11.4 Å². The maximum atomic E-state index is 14.6. The quantitative estimate of drug-likeness (QED) is 0.323. The first-order valence-electron chi connectivity index (χ1n) is 11.4. The molecule has 4 nitrogen and oxygen atoms in total. The molecule has 1 atom stereocenters. The van der Waals surface area contributed by atoms with E-state index in [2.05, 4.69) is 15.6 Å². The van der Waals surface area contributed by atoms with E-state index in [0.717, 1.165) is 37.8 Å². The van der Waals surface area contributed by atoms with Crippen LogP contribution < -0.4 is 10.6 Å². The number of carbonyl (C=O) groups excluding carboxylic acids is 1. The molecule has 1 aliphatic rings. The number of pyridine rings is 1. The van der Waals surface area contributed by atoms with Crippen molar-refractivity contribution in [1.29, 1.82) is 0 Å². The van der Waals surface area contributed by atoms with E-state index in [1.165, 1.54) is 18.3 Å². The van der Waals surface area contributed by atoms with Crippen LogP contribution in [-0.2, 0) is 18.1 Å². The van der Waals surface area contributed by atoms with E-state index in [9.17, 15) is 22.4 Å². The van der Waals surface area contributed by atoms with Crippen LogP contribution in [0.3, 0.4) is 0 Å². The molecule has 190 valence electrons. The molecule has 1 heterocycles. The average Bonchev–Trinajstić information content (AvgIpc) is 3.31. The Morgan fingerprint density at radius 3 is 2.33 bits per heavy atom. The molecule has 1 fully saturated rings. The molecule has 1 aromatic heterocycles. The maximum Gasteiger partial charge on any atom is 0.416 e. The van der Waals surface area contributed by atoms with E-state index < -0.39 is 29.1 Å². The maximum absolute atomic E-state index is 14.6. The summed E-state index contributed by atoms with van der Waals surface area (Å²) in [5.74, 6) is -1.10. The number of aromatic nitrogens is 1. The van der Waals surface area contributed by atoms with Crippen molar-refractivity contribution in [3.05, 3.63) is 99.0 Å². The summed E-state index contributed by atoms with van der Waals surface area (Å²) in [4.78, 5) is 17.6. The van der Waals surface area contributed by atoms with E-state index in [0.29, 0.717) is 21.7 Å². The topological polar surface area (TPSA) is 54.0 Å². The third-order valence-electron chi connectivity index (χ3n) is 6.26. The fraction of sp³-hybridized carbons (Fsp3) is 0.308. The number of benzene rings is 2. The summed E-state index contributed by atoms with van der Waals surface area (Å²) in [5, 5.41) is 6.44. The van der Waals surface area contributed by atoms with Crippen LogP contribution in [0.1, 0.15) is 48.1 Å². The molecule has 10 heteroatoms. The van der Waals surface area contributed by atoms with Gasteiger partial charge in [0, 0.05) is 23.7 Å². The number of rotatable bonds is 6. The van der Waals surface area contributed by atoms with Gasteiger partial charge in [0.15, 0.2) is 0 Å². The molecule has 36 heavy (non-hydrogen) atoms. The van der Waals surface area contributed by atoms with Crippen LogP contribution in [0, 0.1) is 5.82 Å². The second-order valence-corrected chi connectivity index (χ2v) is 9.75. The smallest absolute Gasteiger partial charge is 0.335 e. The number of hydrogen-bond donors (Lipinski definition) is 2. The Kier molecular flexibility index (Phi) is 7.76. The van der Waals surface area contributed by atoms with Gasteiger partial charge in [-0.3, -0.25) is 4.98 Å². The van der Waals surface area contributed by atoms with E-state index in [4.69, 9.17) is 23.2 Å². The summed E-state index contributed by atoms with van der Waals surface area (Å²) >= 11 is 12.2. The van der Waals surface area contributed by atoms with Crippen molar-refractivity contribution in [1.82, 2.24) is 15.6 Å². The summed E-state index contributed by atoms with van der Waals surface area (Å²) in [6.45, 7) is 0. The summed E-state index contributed by atoms with van der Waals surface area (Å²) in [6, 6.07) is 11.3. The lowest BCUT2D eigenvalue weighted by atomic mass is 9.79. The van der Waals surface area contributed by atoms with Crippen LogP contribution in [0.5, 0.6) is 0 Å². The van der Waals surface area contributed by atoms with Gasteiger partial charge in [-0.1, -0.05) is 48.2 Å². The Morgan fingerprint density at radius 1 is 0.972 bits per heavy atom. The van der Waals surface area contributed by atoms with Crippen molar-refractivity contribution in [2.45, 2.75) is 49.9 Å². The molecule has 0 bridgehead atoms. The molecule has 0 radical (unpaired) electrons. The Bertz CT molecular complexity index is 1230. The van der Waals surface area contributed by atoms with Gasteiger partial charge in [-0.05, 0) is 66.4 Å². The van der Waals surface area contributed by atoms with E-state index in [1.54, 1.807) is 24.3 Å². The first kappa shape index (κ1) is 26.2. The number of urea groups is 1. The highest BCUT2D eigenvalue weighted by Gasteiger charge is 2.41. The number of halogens is 6. The SMILES string of the molecule is O=C(NC1CCCC1)N[C@@](Cc1cccc(Cl)c1)(c1cc(F)cc(C(F)(F)F)c1)c1ccc(Cl)cn1. The molecule has 1 aliphatic carbocycles. The van der Waals surface area contributed by atoms with Crippen LogP contribution in [-0.4, -0.2) is 17.1 Å². The van der Waals surface area contributed by atoms with E-state index in [1.807, 2.05) is 0 Å². The van der Waals surface area contributed by atoms with Gasteiger partial charge in [-0.2, -0.15) is 13.2 Å². The molecule has 3 aromatic rings. The summed E-state index contributed by atoms with van der Waals surface area (Å²) < 4.78 is 55.7. The van der Waals surface area contributed by atoms with Crippen LogP contribution in [0.2, 0.25) is 10.0 Å². The lowest BCUT2D eigenvalue weighted by molar-refractivity contribution is -0.137. The molecule has 2 N–H and O–H groups in total. The third-order valence-corrected chi connectivity index (χ3v) is 6.72. The minimum absolute atomic E-state index is 0.0545. The molecule has 0 saturated heterocycles. The van der Waals surface area contributed by atoms with E-state index >= 15 is 0 Å². The minimum Gasteiger partial charge on any atom is -0.335 e. The largest absolute Gasteiger partial charge is 0.416 e. The molecule has 2 aromatic carbocycles. The van der Waals surface area contributed by atoms with Gasteiger partial charge in [0.2, 0.25) is 0 Å². The molecule has 2 amide bonds. The normalized spacial score (nSPS) is 15.9. The van der Waals surface area contributed by atoms with Gasteiger partial charge >= 0.3 is 12.2 Å². The first-order valence-corrected chi connectivity index (χ1v) is 12.1. The summed E-state index contributed by atoms with van der Waals surface area (Å²) in [7, 11) is 0. The van der Waals surface area contributed by atoms with Crippen molar-refractivity contribution >= 4 is 29.2 Å². The van der Waals surface area contributed by atoms with Gasteiger partial charge in [0.05, 0.1) is 16.3 Å². The van der Waals surface area contributed by atoms with Crippen molar-refractivity contribution < 1.29 is 22.4 Å². The van der Waals surface area contributed by atoms with Crippen LogP contribution >= 0.6 is 23.2 Å². The van der Waals surface area contributed by atoms with Crippen molar-refractivity contribution in [2.75, 3.05) is 0 Å². The highest BCUT2D eigenvalue weighted by Crippen LogP contribution is 2.38. The molecule has 0 spiro atoms. The lowest BCUT2D eigenvalue weighted by Gasteiger charge is -2.36. The molecule has 1 saturated carbocycles.